The number of carbonyl (C=O) groups is 2. The van der Waals surface area contributed by atoms with Crippen molar-refractivity contribution >= 4 is 17.6 Å². The van der Waals surface area contributed by atoms with Gasteiger partial charge in [0.05, 0.1) is 0 Å². The second kappa shape index (κ2) is 7.08. The second-order valence-corrected chi connectivity index (χ2v) is 5.74. The van der Waals surface area contributed by atoms with Crippen LogP contribution in [0.15, 0.2) is 24.3 Å². The molecule has 1 atom stereocenters. The number of amides is 3. The van der Waals surface area contributed by atoms with Gasteiger partial charge in [-0.25, -0.2) is 4.79 Å². The normalized spacial score (nSPS) is 12.6. The average Bonchev–Trinajstić information content (AvgIpc) is 2.35. The lowest BCUT2D eigenvalue weighted by molar-refractivity contribution is -0.119. The molecule has 1 aromatic carbocycles. The lowest BCUT2D eigenvalue weighted by atomic mass is 10.0. The molecule has 5 N–H and O–H groups in total. The standard InChI is InChI=1S/C15H24N4O2/c1-10(17-4)11-6-5-7-12(8-11)18-14(21)19-15(2,3)9-13(16)20/h5-8,10,17H,9H2,1-4H3,(H2,16,20)(H2,18,19,21). The van der Waals surface area contributed by atoms with Crippen LogP contribution >= 0.6 is 0 Å². The molecule has 0 aromatic heterocycles. The van der Waals surface area contributed by atoms with E-state index in [0.717, 1.165) is 5.56 Å². The predicted octanol–water partition coefficient (Wildman–Crippen LogP) is 1.74. The van der Waals surface area contributed by atoms with Crippen molar-refractivity contribution in [2.45, 2.75) is 38.8 Å². The van der Waals surface area contributed by atoms with Crippen LogP contribution < -0.4 is 21.7 Å². The zero-order valence-corrected chi connectivity index (χ0v) is 13.0. The summed E-state index contributed by atoms with van der Waals surface area (Å²) >= 11 is 0. The van der Waals surface area contributed by atoms with E-state index in [1.165, 1.54) is 0 Å². The minimum atomic E-state index is -0.689. The molecule has 0 aliphatic heterocycles. The Kier molecular flexibility index (Phi) is 5.72. The molecule has 6 nitrogen and oxygen atoms in total. The molecule has 0 spiro atoms. The Hall–Kier alpha value is -2.08. The Labute approximate surface area is 125 Å². The van der Waals surface area contributed by atoms with E-state index in [1.807, 2.05) is 38.2 Å². The van der Waals surface area contributed by atoms with Gasteiger partial charge >= 0.3 is 6.03 Å². The van der Waals surface area contributed by atoms with Crippen molar-refractivity contribution in [2.75, 3.05) is 12.4 Å². The first-order chi connectivity index (χ1) is 9.73. The van der Waals surface area contributed by atoms with Crippen molar-refractivity contribution in [3.05, 3.63) is 29.8 Å². The molecule has 3 amide bonds. The number of nitrogens with two attached hydrogens (primary N) is 1. The molecule has 1 rings (SSSR count). The third-order valence-electron chi connectivity index (χ3n) is 3.15. The molecule has 1 aromatic rings. The Morgan fingerprint density at radius 2 is 2.00 bits per heavy atom. The number of rotatable bonds is 6. The number of urea groups is 1. The summed E-state index contributed by atoms with van der Waals surface area (Å²) in [6.07, 6.45) is 0.0806. The number of hydrogen-bond acceptors (Lipinski definition) is 3. The van der Waals surface area contributed by atoms with Crippen LogP contribution in [0.25, 0.3) is 0 Å². The molecule has 21 heavy (non-hydrogen) atoms. The van der Waals surface area contributed by atoms with Gasteiger partial charge in [0.2, 0.25) is 5.91 Å². The number of nitrogens with one attached hydrogen (secondary N) is 3. The van der Waals surface area contributed by atoms with Gasteiger partial charge in [-0.1, -0.05) is 12.1 Å². The second-order valence-electron chi connectivity index (χ2n) is 5.74. The molecule has 0 bridgehead atoms. The van der Waals surface area contributed by atoms with Gasteiger partial charge in [0.25, 0.3) is 0 Å². The van der Waals surface area contributed by atoms with E-state index in [2.05, 4.69) is 16.0 Å². The predicted molar refractivity (Wildman–Crippen MR) is 84.0 cm³/mol. The molecule has 6 heteroatoms. The summed E-state index contributed by atoms with van der Waals surface area (Å²) in [4.78, 5) is 22.9. The SMILES string of the molecule is CNC(C)c1cccc(NC(=O)NC(C)(C)CC(N)=O)c1. The Morgan fingerprint density at radius 1 is 1.33 bits per heavy atom. The fraction of sp³-hybridized carbons (Fsp3) is 0.467. The van der Waals surface area contributed by atoms with Crippen molar-refractivity contribution in [1.29, 1.82) is 0 Å². The number of primary amides is 1. The van der Waals surface area contributed by atoms with Crippen LogP contribution in [0.5, 0.6) is 0 Å². The van der Waals surface area contributed by atoms with Crippen LogP contribution in [-0.4, -0.2) is 24.5 Å². The number of hydrogen-bond donors (Lipinski definition) is 4. The largest absolute Gasteiger partial charge is 0.370 e. The van der Waals surface area contributed by atoms with Crippen molar-refractivity contribution in [2.24, 2.45) is 5.73 Å². The van der Waals surface area contributed by atoms with Gasteiger partial charge in [-0.15, -0.1) is 0 Å². The highest BCUT2D eigenvalue weighted by atomic mass is 16.2. The van der Waals surface area contributed by atoms with E-state index in [0.29, 0.717) is 5.69 Å². The van der Waals surface area contributed by atoms with Gasteiger partial charge in [-0.05, 0) is 45.5 Å². The Bertz CT molecular complexity index is 514. The summed E-state index contributed by atoms with van der Waals surface area (Å²) in [6, 6.07) is 7.42. The molecule has 0 aliphatic carbocycles. The smallest absolute Gasteiger partial charge is 0.319 e. The average molecular weight is 292 g/mol. The van der Waals surface area contributed by atoms with Crippen LogP contribution in [0.1, 0.15) is 38.8 Å². The van der Waals surface area contributed by atoms with Crippen LogP contribution in [0, 0.1) is 0 Å². The maximum Gasteiger partial charge on any atom is 0.319 e. The van der Waals surface area contributed by atoms with Gasteiger partial charge in [0.1, 0.15) is 0 Å². The summed E-state index contributed by atoms with van der Waals surface area (Å²) in [5, 5.41) is 8.63. The fourth-order valence-corrected chi connectivity index (χ4v) is 2.00. The maximum absolute atomic E-state index is 12.0. The van der Waals surface area contributed by atoms with E-state index in [9.17, 15) is 9.59 Å². The lowest BCUT2D eigenvalue weighted by Gasteiger charge is -2.25. The summed E-state index contributed by atoms with van der Waals surface area (Å²) in [6.45, 7) is 5.53. The molecule has 0 saturated heterocycles. The molecule has 0 saturated carbocycles. The van der Waals surface area contributed by atoms with Crippen LogP contribution in [0.4, 0.5) is 10.5 Å². The molecule has 0 radical (unpaired) electrons. The van der Waals surface area contributed by atoms with Crippen molar-refractivity contribution in [1.82, 2.24) is 10.6 Å². The quantitative estimate of drug-likeness (QED) is 0.643. The maximum atomic E-state index is 12.0. The molecule has 1 unspecified atom stereocenters. The van der Waals surface area contributed by atoms with Gasteiger partial charge < -0.3 is 21.7 Å². The minimum Gasteiger partial charge on any atom is -0.370 e. The third-order valence-corrected chi connectivity index (χ3v) is 3.15. The van der Waals surface area contributed by atoms with Crippen molar-refractivity contribution < 1.29 is 9.59 Å². The highest BCUT2D eigenvalue weighted by molar-refractivity contribution is 5.90. The highest BCUT2D eigenvalue weighted by Crippen LogP contribution is 2.17. The number of anilines is 1. The van der Waals surface area contributed by atoms with Crippen LogP contribution in [-0.2, 0) is 4.79 Å². The minimum absolute atomic E-state index is 0.0806. The lowest BCUT2D eigenvalue weighted by Crippen LogP contribution is -2.47. The first-order valence-corrected chi connectivity index (χ1v) is 6.88. The molecular weight excluding hydrogens is 268 g/mol. The third kappa shape index (κ3) is 5.83. The topological polar surface area (TPSA) is 96.2 Å². The Balaban J connectivity index is 2.69. The fourth-order valence-electron chi connectivity index (χ4n) is 2.00. The van der Waals surface area contributed by atoms with E-state index in [4.69, 9.17) is 5.73 Å². The molecule has 0 fully saturated rings. The summed E-state index contributed by atoms with van der Waals surface area (Å²) in [7, 11) is 1.88. The number of benzene rings is 1. The summed E-state index contributed by atoms with van der Waals surface area (Å²) in [5.41, 5.74) is 6.24. The van der Waals surface area contributed by atoms with Gasteiger partial charge in [-0.3, -0.25) is 4.79 Å². The van der Waals surface area contributed by atoms with Crippen LogP contribution in [0.2, 0.25) is 0 Å². The summed E-state index contributed by atoms with van der Waals surface area (Å²) in [5.74, 6) is -0.454. The van der Waals surface area contributed by atoms with Gasteiger partial charge in [0.15, 0.2) is 0 Å². The zero-order valence-electron chi connectivity index (χ0n) is 13.0. The Morgan fingerprint density at radius 3 is 2.57 bits per heavy atom. The zero-order chi connectivity index (χ0) is 16.0. The monoisotopic (exact) mass is 292 g/mol. The first-order valence-electron chi connectivity index (χ1n) is 6.88. The van der Waals surface area contributed by atoms with E-state index in [1.54, 1.807) is 13.8 Å². The molecule has 0 aliphatic rings. The van der Waals surface area contributed by atoms with E-state index in [-0.39, 0.29) is 18.5 Å². The molecular formula is C15H24N4O2. The molecule has 0 heterocycles. The van der Waals surface area contributed by atoms with Crippen molar-refractivity contribution in [3.8, 4) is 0 Å². The number of carbonyl (C=O) groups excluding carboxylic acids is 2. The highest BCUT2D eigenvalue weighted by Gasteiger charge is 2.22. The van der Waals surface area contributed by atoms with Gasteiger partial charge in [-0.2, -0.15) is 0 Å². The van der Waals surface area contributed by atoms with Crippen LogP contribution in [0.3, 0.4) is 0 Å². The molecule has 116 valence electrons. The first kappa shape index (κ1) is 17.0. The van der Waals surface area contributed by atoms with Gasteiger partial charge in [0, 0.05) is 23.7 Å². The van der Waals surface area contributed by atoms with E-state index >= 15 is 0 Å². The van der Waals surface area contributed by atoms with E-state index < -0.39 is 11.4 Å². The summed E-state index contributed by atoms with van der Waals surface area (Å²) < 4.78 is 0. The van der Waals surface area contributed by atoms with Crippen molar-refractivity contribution in [3.63, 3.8) is 0 Å².